The first kappa shape index (κ1) is 15.4. The number of rotatable bonds is 5. The molecule has 1 N–H and O–H groups in total. The van der Waals surface area contributed by atoms with Crippen molar-refractivity contribution in [2.45, 2.75) is 38.3 Å². The van der Waals surface area contributed by atoms with E-state index in [1.807, 2.05) is 0 Å². The Hall–Kier alpha value is -1.96. The Labute approximate surface area is 122 Å². The van der Waals surface area contributed by atoms with Gasteiger partial charge in [-0.25, -0.2) is 0 Å². The Bertz CT molecular complexity index is 516. The third-order valence-electron chi connectivity index (χ3n) is 3.91. The molecular weight excluding hydrogens is 276 g/mol. The number of carbonyl (C=O) groups excluding carboxylic acids is 1. The zero-order valence-electron chi connectivity index (χ0n) is 12.0. The van der Waals surface area contributed by atoms with E-state index in [4.69, 9.17) is 0 Å². The molecule has 1 fully saturated rings. The summed E-state index contributed by atoms with van der Waals surface area (Å²) < 4.78 is 1.26. The quantitative estimate of drug-likeness (QED) is 0.639. The van der Waals surface area contributed by atoms with Crippen LogP contribution in [0.1, 0.15) is 25.7 Å². The van der Waals surface area contributed by atoms with Gasteiger partial charge in [0.25, 0.3) is 0 Å². The third-order valence-corrected chi connectivity index (χ3v) is 3.91. The Balaban J connectivity index is 1.88. The molecule has 2 rings (SSSR count). The van der Waals surface area contributed by atoms with Crippen LogP contribution in [0.15, 0.2) is 12.3 Å². The molecule has 2 unspecified atom stereocenters. The topological polar surface area (TPSA) is 102 Å². The molecule has 1 saturated carbocycles. The molecule has 116 valence electrons. The zero-order chi connectivity index (χ0) is 15.4. The average Bonchev–Trinajstić information content (AvgIpc) is 2.90. The van der Waals surface area contributed by atoms with E-state index in [-0.39, 0.29) is 30.3 Å². The smallest absolute Gasteiger partial charge is 0.389 e. The number of carbonyl (C=O) groups is 1. The lowest BCUT2D eigenvalue weighted by molar-refractivity contribution is -0.389. The molecule has 0 aliphatic heterocycles. The molecule has 21 heavy (non-hydrogen) atoms. The molecule has 2 atom stereocenters. The van der Waals surface area contributed by atoms with Crippen molar-refractivity contribution in [1.29, 1.82) is 0 Å². The first-order valence-corrected chi connectivity index (χ1v) is 7.07. The monoisotopic (exact) mass is 296 g/mol. The number of nitro groups is 1. The second-order valence-corrected chi connectivity index (χ2v) is 5.51. The van der Waals surface area contributed by atoms with Crippen LogP contribution >= 0.6 is 0 Å². The van der Waals surface area contributed by atoms with Crippen LogP contribution in [-0.2, 0) is 11.3 Å². The van der Waals surface area contributed by atoms with Gasteiger partial charge < -0.3 is 20.1 Å². The van der Waals surface area contributed by atoms with Crippen LogP contribution in [0.3, 0.4) is 0 Å². The Morgan fingerprint density at radius 1 is 1.57 bits per heavy atom. The van der Waals surface area contributed by atoms with E-state index < -0.39 is 4.92 Å². The number of nitrogens with zero attached hydrogens (tertiary/aromatic N) is 4. The van der Waals surface area contributed by atoms with Crippen LogP contribution in [0, 0.1) is 16.0 Å². The fourth-order valence-electron chi connectivity index (χ4n) is 2.65. The van der Waals surface area contributed by atoms with Crippen LogP contribution in [0.5, 0.6) is 0 Å². The summed E-state index contributed by atoms with van der Waals surface area (Å²) in [5.41, 5.74) is 0. The van der Waals surface area contributed by atoms with Crippen molar-refractivity contribution in [2.75, 3.05) is 13.6 Å². The molecule has 1 aliphatic carbocycles. The second kappa shape index (κ2) is 6.66. The van der Waals surface area contributed by atoms with Crippen LogP contribution in [0.25, 0.3) is 0 Å². The van der Waals surface area contributed by atoms with Crippen molar-refractivity contribution >= 4 is 11.7 Å². The van der Waals surface area contributed by atoms with E-state index >= 15 is 0 Å². The standard InChI is InChI=1S/C13H20N4O4/c1-15(8-10-4-2-3-5-11(10)18)13(19)9-16-7-6-12(14-16)17(20)21/h6-7,10-11,18H,2-5,8-9H2,1H3. The van der Waals surface area contributed by atoms with Crippen molar-refractivity contribution in [2.24, 2.45) is 5.92 Å². The first-order valence-electron chi connectivity index (χ1n) is 7.07. The van der Waals surface area contributed by atoms with Crippen LogP contribution in [0.4, 0.5) is 5.82 Å². The number of aromatic nitrogens is 2. The highest BCUT2D eigenvalue weighted by Gasteiger charge is 2.26. The molecule has 1 aromatic heterocycles. The van der Waals surface area contributed by atoms with Gasteiger partial charge in [-0.3, -0.25) is 4.79 Å². The van der Waals surface area contributed by atoms with Crippen molar-refractivity contribution in [1.82, 2.24) is 14.7 Å². The summed E-state index contributed by atoms with van der Waals surface area (Å²) in [6, 6.07) is 1.26. The van der Waals surface area contributed by atoms with Gasteiger partial charge in [0.15, 0.2) is 0 Å². The van der Waals surface area contributed by atoms with Crippen molar-refractivity contribution < 1.29 is 14.8 Å². The molecule has 8 heteroatoms. The van der Waals surface area contributed by atoms with Crippen molar-refractivity contribution in [3.8, 4) is 0 Å². The van der Waals surface area contributed by atoms with E-state index in [2.05, 4.69) is 5.10 Å². The minimum atomic E-state index is -0.594. The number of amides is 1. The van der Waals surface area contributed by atoms with Crippen LogP contribution in [0.2, 0.25) is 0 Å². The lowest BCUT2D eigenvalue weighted by Gasteiger charge is -2.31. The molecule has 1 heterocycles. The minimum Gasteiger partial charge on any atom is -0.393 e. The number of likely N-dealkylation sites (N-methyl/N-ethyl adjacent to an activating group) is 1. The molecule has 1 amide bonds. The first-order chi connectivity index (χ1) is 9.97. The summed E-state index contributed by atoms with van der Waals surface area (Å²) in [5, 5.41) is 24.2. The third kappa shape index (κ3) is 4.01. The van der Waals surface area contributed by atoms with Crippen molar-refractivity contribution in [3.63, 3.8) is 0 Å². The van der Waals surface area contributed by atoms with E-state index in [1.165, 1.54) is 16.9 Å². The second-order valence-electron chi connectivity index (χ2n) is 5.51. The summed E-state index contributed by atoms with van der Waals surface area (Å²) in [7, 11) is 1.68. The zero-order valence-corrected chi connectivity index (χ0v) is 12.0. The fraction of sp³-hybridized carbons (Fsp3) is 0.692. The summed E-state index contributed by atoms with van der Waals surface area (Å²) in [5.74, 6) is -0.335. The molecule has 0 saturated heterocycles. The van der Waals surface area contributed by atoms with Gasteiger partial charge in [-0.2, -0.15) is 4.68 Å². The number of hydrogen-bond donors (Lipinski definition) is 1. The summed E-state index contributed by atoms with van der Waals surface area (Å²) in [6.45, 7) is 0.469. The van der Waals surface area contributed by atoms with E-state index in [1.54, 1.807) is 11.9 Å². The summed E-state index contributed by atoms with van der Waals surface area (Å²) in [4.78, 5) is 23.6. The van der Waals surface area contributed by atoms with Gasteiger partial charge in [-0.15, -0.1) is 0 Å². The maximum Gasteiger partial charge on any atom is 0.389 e. The number of aliphatic hydroxyl groups excluding tert-OH is 1. The molecule has 1 aromatic rings. The molecule has 0 aromatic carbocycles. The summed E-state index contributed by atoms with van der Waals surface area (Å²) >= 11 is 0. The average molecular weight is 296 g/mol. The van der Waals surface area contributed by atoms with Crippen LogP contribution < -0.4 is 0 Å². The summed E-state index contributed by atoms with van der Waals surface area (Å²) in [6.07, 6.45) is 4.89. The number of hydrogen-bond acceptors (Lipinski definition) is 5. The molecule has 0 radical (unpaired) electrons. The molecule has 0 spiro atoms. The van der Waals surface area contributed by atoms with Gasteiger partial charge in [0.05, 0.1) is 23.5 Å². The SMILES string of the molecule is CN(CC1CCCCC1O)C(=O)Cn1ccc([N+](=O)[O-])n1. The van der Waals surface area contributed by atoms with Gasteiger partial charge in [0.1, 0.15) is 6.54 Å². The van der Waals surface area contributed by atoms with Crippen LogP contribution in [-0.4, -0.2) is 50.3 Å². The molecule has 8 nitrogen and oxygen atoms in total. The van der Waals surface area contributed by atoms with E-state index in [0.717, 1.165) is 25.7 Å². The lowest BCUT2D eigenvalue weighted by Crippen LogP contribution is -2.39. The predicted octanol–water partition coefficient (Wildman–Crippen LogP) is 0.801. The predicted molar refractivity (Wildman–Crippen MR) is 74.5 cm³/mol. The fourth-order valence-corrected chi connectivity index (χ4v) is 2.65. The molecule has 1 aliphatic rings. The van der Waals surface area contributed by atoms with Gasteiger partial charge >= 0.3 is 5.82 Å². The Morgan fingerprint density at radius 2 is 2.29 bits per heavy atom. The van der Waals surface area contributed by atoms with E-state index in [0.29, 0.717) is 6.54 Å². The van der Waals surface area contributed by atoms with Gasteiger partial charge in [0.2, 0.25) is 5.91 Å². The minimum absolute atomic E-state index is 0.0346. The number of aliphatic hydroxyl groups is 1. The maximum atomic E-state index is 12.1. The normalized spacial score (nSPS) is 22.0. The van der Waals surface area contributed by atoms with Gasteiger partial charge in [-0.1, -0.05) is 12.8 Å². The lowest BCUT2D eigenvalue weighted by atomic mass is 9.86. The van der Waals surface area contributed by atoms with Crippen molar-refractivity contribution in [3.05, 3.63) is 22.4 Å². The highest BCUT2D eigenvalue weighted by Crippen LogP contribution is 2.24. The Morgan fingerprint density at radius 3 is 2.90 bits per heavy atom. The maximum absolute atomic E-state index is 12.1. The molecule has 0 bridgehead atoms. The highest BCUT2D eigenvalue weighted by molar-refractivity contribution is 5.75. The Kier molecular flexibility index (Phi) is 4.89. The molecular formula is C13H20N4O4. The van der Waals surface area contributed by atoms with Gasteiger partial charge in [-0.05, 0) is 17.8 Å². The van der Waals surface area contributed by atoms with E-state index in [9.17, 15) is 20.0 Å². The van der Waals surface area contributed by atoms with Gasteiger partial charge in [0, 0.05) is 19.5 Å². The highest BCUT2D eigenvalue weighted by atomic mass is 16.6. The largest absolute Gasteiger partial charge is 0.393 e.